The Morgan fingerprint density at radius 1 is 1.33 bits per heavy atom. The molecule has 0 aliphatic carbocycles. The number of carbonyl (C=O) groups is 4. The van der Waals surface area contributed by atoms with E-state index in [0.29, 0.717) is 12.1 Å². The number of hydrogen-bond acceptors (Lipinski definition) is 6. The van der Waals surface area contributed by atoms with Gasteiger partial charge in [0.1, 0.15) is 11.6 Å². The van der Waals surface area contributed by atoms with Gasteiger partial charge in [-0.1, -0.05) is 30.3 Å². The number of ketones is 1. The van der Waals surface area contributed by atoms with E-state index in [9.17, 15) is 19.2 Å². The van der Waals surface area contributed by atoms with Crippen LogP contribution >= 0.6 is 0 Å². The highest BCUT2D eigenvalue weighted by Gasteiger charge is 2.37. The molecule has 140 valence electrons. The van der Waals surface area contributed by atoms with Crippen LogP contribution in [0, 0.1) is 0 Å². The van der Waals surface area contributed by atoms with Crippen LogP contribution < -0.4 is 16.2 Å². The van der Waals surface area contributed by atoms with Gasteiger partial charge in [0.25, 0.3) is 5.91 Å². The number of benzene rings is 1. The van der Waals surface area contributed by atoms with Crippen molar-refractivity contribution in [2.45, 2.75) is 19.1 Å². The zero-order valence-corrected chi connectivity index (χ0v) is 14.2. The number of nitrogens with zero attached hydrogens (tertiary/aromatic N) is 2. The van der Waals surface area contributed by atoms with Gasteiger partial charge in [-0.2, -0.15) is 0 Å². The number of carbonyl (C=O) groups excluding carboxylic acids is 4. The zero-order valence-electron chi connectivity index (χ0n) is 14.2. The lowest BCUT2D eigenvalue weighted by Gasteiger charge is -2.23. The number of amides is 4. The molecule has 1 saturated heterocycles. The fourth-order valence-electron chi connectivity index (χ4n) is 2.70. The predicted octanol–water partition coefficient (Wildman–Crippen LogP) is -0.413. The number of rotatable bonds is 7. The summed E-state index contributed by atoms with van der Waals surface area (Å²) in [6.07, 6.45) is 1.36. The monoisotopic (exact) mass is 371 g/mol. The Kier molecular flexibility index (Phi) is 5.57. The third kappa shape index (κ3) is 4.18. The molecule has 10 nitrogen and oxygen atoms in total. The molecule has 10 heteroatoms. The lowest BCUT2D eigenvalue weighted by atomic mass is 9.99. The standard InChI is InChI=1S/C17H17N5O5/c23-10-20-22-14(8-19-17(22)26)13-6-15(24)12(7-18-13)16(25)21-27-9-11-4-2-1-3-5-11/h1-5,7,10,14H,6,8-9H2,(H,19,26)(H,20,23)(H,21,25). The average molecular weight is 371 g/mol. The summed E-state index contributed by atoms with van der Waals surface area (Å²) in [6, 6.07) is 8.13. The van der Waals surface area contributed by atoms with Crippen LogP contribution in [0.5, 0.6) is 0 Å². The van der Waals surface area contributed by atoms with Crippen LogP contribution in [0.1, 0.15) is 12.0 Å². The molecule has 0 bridgehead atoms. The lowest BCUT2D eigenvalue weighted by Crippen LogP contribution is -2.49. The molecule has 2 aliphatic rings. The van der Waals surface area contributed by atoms with E-state index >= 15 is 0 Å². The average Bonchev–Trinajstić information content (AvgIpc) is 3.03. The fourth-order valence-corrected chi connectivity index (χ4v) is 2.70. The fraction of sp³-hybridized carbons (Fsp3) is 0.235. The molecule has 0 saturated carbocycles. The van der Waals surface area contributed by atoms with Crippen molar-refractivity contribution in [1.29, 1.82) is 0 Å². The maximum Gasteiger partial charge on any atom is 0.336 e. The van der Waals surface area contributed by atoms with E-state index in [1.54, 1.807) is 0 Å². The molecular formula is C17H17N5O5. The zero-order chi connectivity index (χ0) is 19.2. The lowest BCUT2D eigenvalue weighted by molar-refractivity contribution is -0.132. The van der Waals surface area contributed by atoms with Gasteiger partial charge in [-0.3, -0.25) is 29.6 Å². The third-order valence-corrected chi connectivity index (χ3v) is 4.05. The summed E-state index contributed by atoms with van der Waals surface area (Å²) in [4.78, 5) is 56.0. The number of hydrazine groups is 1. The van der Waals surface area contributed by atoms with E-state index < -0.39 is 23.8 Å². The van der Waals surface area contributed by atoms with Crippen molar-refractivity contribution >= 4 is 29.8 Å². The van der Waals surface area contributed by atoms with E-state index in [4.69, 9.17) is 4.84 Å². The van der Waals surface area contributed by atoms with Crippen LogP contribution in [-0.2, 0) is 25.8 Å². The molecule has 27 heavy (non-hydrogen) atoms. The molecule has 1 fully saturated rings. The highest BCUT2D eigenvalue weighted by Crippen LogP contribution is 2.16. The molecule has 0 radical (unpaired) electrons. The topological polar surface area (TPSA) is 129 Å². The SMILES string of the molecule is O=CNN1C(=O)NCC1C1=NC=C(C(=O)NOCc2ccccc2)C(=O)C1. The van der Waals surface area contributed by atoms with Crippen LogP contribution in [0.25, 0.3) is 0 Å². The van der Waals surface area contributed by atoms with Crippen LogP contribution in [0.3, 0.4) is 0 Å². The van der Waals surface area contributed by atoms with Gasteiger partial charge in [-0.15, -0.1) is 0 Å². The van der Waals surface area contributed by atoms with E-state index in [-0.39, 0.29) is 25.1 Å². The summed E-state index contributed by atoms with van der Waals surface area (Å²) >= 11 is 0. The number of urea groups is 1. The Bertz CT molecular complexity index is 820. The van der Waals surface area contributed by atoms with Crippen LogP contribution in [-0.4, -0.2) is 47.4 Å². The number of hydrogen-bond donors (Lipinski definition) is 3. The van der Waals surface area contributed by atoms with Gasteiger partial charge in [0.2, 0.25) is 6.41 Å². The van der Waals surface area contributed by atoms with Gasteiger partial charge < -0.3 is 5.32 Å². The van der Waals surface area contributed by atoms with Gasteiger partial charge in [-0.25, -0.2) is 15.3 Å². The summed E-state index contributed by atoms with van der Waals surface area (Å²) < 4.78 is 0. The normalized spacial score (nSPS) is 19.1. The minimum atomic E-state index is -0.692. The molecule has 0 spiro atoms. The molecular weight excluding hydrogens is 354 g/mol. The second-order valence-electron chi connectivity index (χ2n) is 5.79. The van der Waals surface area contributed by atoms with Gasteiger partial charge in [0, 0.05) is 12.7 Å². The molecule has 1 aromatic carbocycles. The molecule has 1 unspecified atom stereocenters. The van der Waals surface area contributed by atoms with Gasteiger partial charge >= 0.3 is 6.03 Å². The van der Waals surface area contributed by atoms with Crippen molar-refractivity contribution in [2.24, 2.45) is 4.99 Å². The molecule has 3 rings (SSSR count). The summed E-state index contributed by atoms with van der Waals surface area (Å²) in [5.41, 5.74) is 5.58. The Balaban J connectivity index is 1.61. The summed E-state index contributed by atoms with van der Waals surface area (Å²) in [5.74, 6) is -1.14. The first-order valence-corrected chi connectivity index (χ1v) is 8.13. The van der Waals surface area contributed by atoms with Crippen molar-refractivity contribution < 1.29 is 24.0 Å². The Labute approximate surface area is 154 Å². The van der Waals surface area contributed by atoms with Gasteiger partial charge in [0.05, 0.1) is 18.7 Å². The summed E-state index contributed by atoms with van der Waals surface area (Å²) in [6.45, 7) is 0.353. The first-order chi connectivity index (χ1) is 13.1. The van der Waals surface area contributed by atoms with Crippen LogP contribution in [0.4, 0.5) is 4.79 Å². The number of aliphatic imine (C=N–C) groups is 1. The maximum absolute atomic E-state index is 12.3. The molecule has 3 N–H and O–H groups in total. The molecule has 0 aromatic heterocycles. The first kappa shape index (κ1) is 18.3. The second-order valence-corrected chi connectivity index (χ2v) is 5.79. The van der Waals surface area contributed by atoms with E-state index in [1.807, 2.05) is 30.3 Å². The van der Waals surface area contributed by atoms with Crippen molar-refractivity contribution in [3.8, 4) is 0 Å². The van der Waals surface area contributed by atoms with E-state index in [2.05, 4.69) is 21.2 Å². The van der Waals surface area contributed by atoms with Gasteiger partial charge in [0.15, 0.2) is 5.78 Å². The third-order valence-electron chi connectivity index (χ3n) is 4.05. The van der Waals surface area contributed by atoms with Crippen molar-refractivity contribution in [1.82, 2.24) is 21.2 Å². The van der Waals surface area contributed by atoms with Crippen molar-refractivity contribution in [3.05, 3.63) is 47.7 Å². The van der Waals surface area contributed by atoms with Crippen LogP contribution in [0.15, 0.2) is 47.1 Å². The smallest absolute Gasteiger partial charge is 0.334 e. The Hall–Kier alpha value is -3.53. The van der Waals surface area contributed by atoms with Crippen molar-refractivity contribution in [3.63, 3.8) is 0 Å². The maximum atomic E-state index is 12.3. The van der Waals surface area contributed by atoms with Crippen LogP contribution in [0.2, 0.25) is 0 Å². The molecule has 1 atom stereocenters. The van der Waals surface area contributed by atoms with E-state index in [0.717, 1.165) is 16.8 Å². The molecule has 2 heterocycles. The quantitative estimate of drug-likeness (QED) is 0.341. The predicted molar refractivity (Wildman–Crippen MR) is 92.7 cm³/mol. The minimum Gasteiger partial charge on any atom is -0.334 e. The Morgan fingerprint density at radius 2 is 2.11 bits per heavy atom. The number of hydroxylamine groups is 1. The highest BCUT2D eigenvalue weighted by molar-refractivity contribution is 6.26. The summed E-state index contributed by atoms with van der Waals surface area (Å²) in [7, 11) is 0. The molecule has 1 aromatic rings. The van der Waals surface area contributed by atoms with Crippen molar-refractivity contribution in [2.75, 3.05) is 6.54 Å². The minimum absolute atomic E-state index is 0.140. The van der Waals surface area contributed by atoms with Gasteiger partial charge in [-0.05, 0) is 5.56 Å². The summed E-state index contributed by atoms with van der Waals surface area (Å²) in [5, 5.41) is 3.60. The number of Topliss-reactive ketones (excluding diaryl/α,β-unsaturated/α-hetero) is 1. The number of nitrogens with one attached hydrogen (secondary N) is 3. The largest absolute Gasteiger partial charge is 0.336 e. The first-order valence-electron chi connectivity index (χ1n) is 8.13. The van der Waals surface area contributed by atoms with E-state index in [1.165, 1.54) is 0 Å². The highest BCUT2D eigenvalue weighted by atomic mass is 16.6. The Morgan fingerprint density at radius 3 is 2.81 bits per heavy atom. The second kappa shape index (κ2) is 8.23. The molecule has 4 amide bonds. The molecule has 2 aliphatic heterocycles.